The largest absolute Gasteiger partial charge is 0.399 e. The molecule has 0 fully saturated rings. The maximum atomic E-state index is 6.03. The van der Waals surface area contributed by atoms with Crippen molar-refractivity contribution in [2.75, 3.05) is 26.0 Å². The Morgan fingerprint density at radius 3 is 2.67 bits per heavy atom. The third kappa shape index (κ3) is 4.84. The molecule has 0 aliphatic rings. The van der Waals surface area contributed by atoms with Crippen LogP contribution < -0.4 is 5.73 Å². The number of benzene rings is 1. The van der Waals surface area contributed by atoms with Gasteiger partial charge < -0.3 is 10.5 Å². The molecule has 0 saturated heterocycles. The fraction of sp³-hybridized carbons (Fsp3) is 0.571. The summed E-state index contributed by atoms with van der Waals surface area (Å²) in [5.74, 6) is 0. The molecular weight excluding hydrogens is 248 g/mol. The first-order valence-corrected chi connectivity index (χ1v) is 6.72. The number of nitrogens with zero attached hydrogens (tertiary/aromatic N) is 1. The SMILES string of the molecule is CCC(C)N(CCOC)Cc1cc(N)cc(Cl)c1. The quantitative estimate of drug-likeness (QED) is 0.774. The highest BCUT2D eigenvalue weighted by Gasteiger charge is 2.12. The minimum atomic E-state index is 0.514. The number of methoxy groups -OCH3 is 1. The molecule has 0 amide bonds. The van der Waals surface area contributed by atoms with Crippen LogP contribution in [-0.2, 0) is 11.3 Å². The summed E-state index contributed by atoms with van der Waals surface area (Å²) < 4.78 is 5.16. The van der Waals surface area contributed by atoms with Gasteiger partial charge in [0.05, 0.1) is 6.61 Å². The topological polar surface area (TPSA) is 38.5 Å². The Hall–Kier alpha value is -0.770. The maximum Gasteiger partial charge on any atom is 0.0589 e. The highest BCUT2D eigenvalue weighted by Crippen LogP contribution is 2.19. The third-order valence-corrected chi connectivity index (χ3v) is 3.38. The zero-order chi connectivity index (χ0) is 13.5. The van der Waals surface area contributed by atoms with E-state index in [2.05, 4.69) is 18.7 Å². The van der Waals surface area contributed by atoms with E-state index in [-0.39, 0.29) is 0 Å². The molecule has 0 aliphatic carbocycles. The van der Waals surface area contributed by atoms with E-state index in [0.29, 0.717) is 16.8 Å². The Morgan fingerprint density at radius 2 is 2.11 bits per heavy atom. The average Bonchev–Trinajstić information content (AvgIpc) is 2.32. The van der Waals surface area contributed by atoms with E-state index < -0.39 is 0 Å². The van der Waals surface area contributed by atoms with E-state index in [4.69, 9.17) is 22.1 Å². The molecule has 0 saturated carbocycles. The smallest absolute Gasteiger partial charge is 0.0589 e. The van der Waals surface area contributed by atoms with Gasteiger partial charge in [0, 0.05) is 37.0 Å². The normalized spacial score (nSPS) is 12.9. The van der Waals surface area contributed by atoms with Crippen LogP contribution in [0.2, 0.25) is 5.02 Å². The van der Waals surface area contributed by atoms with Gasteiger partial charge in [-0.25, -0.2) is 0 Å². The summed E-state index contributed by atoms with van der Waals surface area (Å²) in [5.41, 5.74) is 7.68. The minimum absolute atomic E-state index is 0.514. The van der Waals surface area contributed by atoms with E-state index in [1.54, 1.807) is 13.2 Å². The second-order valence-electron chi connectivity index (χ2n) is 4.61. The van der Waals surface area contributed by atoms with Gasteiger partial charge in [0.25, 0.3) is 0 Å². The molecule has 3 nitrogen and oxygen atoms in total. The van der Waals surface area contributed by atoms with Crippen LogP contribution in [0.1, 0.15) is 25.8 Å². The molecule has 0 aromatic heterocycles. The Morgan fingerprint density at radius 1 is 1.39 bits per heavy atom. The molecule has 2 N–H and O–H groups in total. The van der Waals surface area contributed by atoms with Crippen molar-refractivity contribution in [2.24, 2.45) is 0 Å². The second-order valence-corrected chi connectivity index (χ2v) is 5.05. The Bertz CT molecular complexity index is 351. The first kappa shape index (κ1) is 15.3. The van der Waals surface area contributed by atoms with Crippen LogP contribution in [0.3, 0.4) is 0 Å². The van der Waals surface area contributed by atoms with Crippen molar-refractivity contribution in [1.82, 2.24) is 4.90 Å². The van der Waals surface area contributed by atoms with E-state index in [9.17, 15) is 0 Å². The van der Waals surface area contributed by atoms with Gasteiger partial charge in [0.15, 0.2) is 0 Å². The van der Waals surface area contributed by atoms with E-state index in [1.807, 2.05) is 12.1 Å². The molecule has 18 heavy (non-hydrogen) atoms. The van der Waals surface area contributed by atoms with Crippen LogP contribution in [-0.4, -0.2) is 31.2 Å². The van der Waals surface area contributed by atoms with E-state index >= 15 is 0 Å². The van der Waals surface area contributed by atoms with Gasteiger partial charge in [-0.3, -0.25) is 4.90 Å². The van der Waals surface area contributed by atoms with Crippen molar-refractivity contribution in [1.29, 1.82) is 0 Å². The highest BCUT2D eigenvalue weighted by molar-refractivity contribution is 6.30. The molecule has 1 rings (SSSR count). The van der Waals surface area contributed by atoms with Crippen LogP contribution in [0.15, 0.2) is 18.2 Å². The fourth-order valence-corrected chi connectivity index (χ4v) is 2.19. The third-order valence-electron chi connectivity index (χ3n) is 3.16. The van der Waals surface area contributed by atoms with Crippen LogP contribution in [0, 0.1) is 0 Å². The van der Waals surface area contributed by atoms with Gasteiger partial charge in [-0.15, -0.1) is 0 Å². The molecule has 1 atom stereocenters. The monoisotopic (exact) mass is 270 g/mol. The molecule has 1 aromatic carbocycles. The zero-order valence-corrected chi connectivity index (χ0v) is 12.2. The van der Waals surface area contributed by atoms with Crippen molar-refractivity contribution in [3.8, 4) is 0 Å². The molecular formula is C14H23ClN2O. The van der Waals surface area contributed by atoms with E-state index in [1.165, 1.54) is 0 Å². The van der Waals surface area contributed by atoms with Crippen molar-refractivity contribution in [3.05, 3.63) is 28.8 Å². The molecule has 0 radical (unpaired) electrons. The maximum absolute atomic E-state index is 6.03. The highest BCUT2D eigenvalue weighted by atomic mass is 35.5. The average molecular weight is 271 g/mol. The molecule has 1 aromatic rings. The Labute approximate surface area is 115 Å². The summed E-state index contributed by atoms with van der Waals surface area (Å²) in [7, 11) is 1.73. The first-order chi connectivity index (χ1) is 8.56. The summed E-state index contributed by atoms with van der Waals surface area (Å²) in [6.45, 7) is 6.92. The lowest BCUT2D eigenvalue weighted by Gasteiger charge is -2.28. The van der Waals surface area contributed by atoms with Crippen molar-refractivity contribution in [2.45, 2.75) is 32.9 Å². The molecule has 0 heterocycles. The number of anilines is 1. The predicted octanol–water partition coefficient (Wildman–Crippen LogP) is 3.17. The molecule has 102 valence electrons. The number of halogens is 1. The van der Waals surface area contributed by atoms with Crippen LogP contribution >= 0.6 is 11.6 Å². The van der Waals surface area contributed by atoms with Gasteiger partial charge in [0.2, 0.25) is 0 Å². The number of rotatable bonds is 7. The summed E-state index contributed by atoms with van der Waals surface area (Å²) in [6, 6.07) is 6.24. The number of hydrogen-bond acceptors (Lipinski definition) is 3. The van der Waals surface area contributed by atoms with E-state index in [0.717, 1.165) is 31.7 Å². The zero-order valence-electron chi connectivity index (χ0n) is 11.4. The Kier molecular flexibility index (Phi) is 6.47. The minimum Gasteiger partial charge on any atom is -0.399 e. The number of nitrogens with two attached hydrogens (primary N) is 1. The molecule has 0 aliphatic heterocycles. The van der Waals surface area contributed by atoms with Gasteiger partial charge in [0.1, 0.15) is 0 Å². The van der Waals surface area contributed by atoms with Crippen molar-refractivity contribution >= 4 is 17.3 Å². The van der Waals surface area contributed by atoms with Crippen LogP contribution in [0.25, 0.3) is 0 Å². The Balaban J connectivity index is 2.74. The fourth-order valence-electron chi connectivity index (χ4n) is 1.92. The van der Waals surface area contributed by atoms with Gasteiger partial charge in [-0.2, -0.15) is 0 Å². The van der Waals surface area contributed by atoms with Gasteiger partial charge in [-0.1, -0.05) is 18.5 Å². The molecule has 4 heteroatoms. The lowest BCUT2D eigenvalue weighted by Crippen LogP contribution is -2.34. The van der Waals surface area contributed by atoms with Gasteiger partial charge in [-0.05, 0) is 37.1 Å². The number of hydrogen-bond donors (Lipinski definition) is 1. The molecule has 0 spiro atoms. The predicted molar refractivity (Wildman–Crippen MR) is 77.9 cm³/mol. The van der Waals surface area contributed by atoms with Gasteiger partial charge >= 0.3 is 0 Å². The van der Waals surface area contributed by atoms with Crippen molar-refractivity contribution < 1.29 is 4.74 Å². The number of nitrogen functional groups attached to an aromatic ring is 1. The first-order valence-electron chi connectivity index (χ1n) is 6.34. The van der Waals surface area contributed by atoms with Crippen molar-refractivity contribution in [3.63, 3.8) is 0 Å². The summed E-state index contributed by atoms with van der Waals surface area (Å²) in [5, 5.41) is 0.695. The van der Waals surface area contributed by atoms with Crippen LogP contribution in [0.4, 0.5) is 5.69 Å². The summed E-state index contributed by atoms with van der Waals surface area (Å²) in [4.78, 5) is 2.38. The summed E-state index contributed by atoms with van der Waals surface area (Å²) >= 11 is 6.03. The molecule has 1 unspecified atom stereocenters. The molecule has 0 bridgehead atoms. The standard InChI is InChI=1S/C14H23ClN2O/c1-4-11(2)17(5-6-18-3)10-12-7-13(15)9-14(16)8-12/h7-9,11H,4-6,10,16H2,1-3H3. The lowest BCUT2D eigenvalue weighted by molar-refractivity contribution is 0.118. The lowest BCUT2D eigenvalue weighted by atomic mass is 10.1. The second kappa shape index (κ2) is 7.62. The van der Waals surface area contributed by atoms with Crippen LogP contribution in [0.5, 0.6) is 0 Å². The number of ether oxygens (including phenoxy) is 1. The summed E-state index contributed by atoms with van der Waals surface area (Å²) in [6.07, 6.45) is 1.11.